The van der Waals surface area contributed by atoms with E-state index in [2.05, 4.69) is 16.1 Å². The van der Waals surface area contributed by atoms with E-state index in [0.717, 1.165) is 12.1 Å². The Morgan fingerprint density at radius 2 is 1.62 bits per heavy atom. The highest BCUT2D eigenvalue weighted by atomic mass is 35.5. The molecule has 0 saturated carbocycles. The van der Waals surface area contributed by atoms with Gasteiger partial charge in [-0.25, -0.2) is 8.78 Å². The first-order valence-electron chi connectivity index (χ1n) is 7.59. The van der Waals surface area contributed by atoms with E-state index in [0.29, 0.717) is 22.4 Å². The summed E-state index contributed by atoms with van der Waals surface area (Å²) in [6.07, 6.45) is 5.38. The van der Waals surface area contributed by atoms with E-state index < -0.39 is 11.6 Å². The number of benzene rings is 2. The summed E-state index contributed by atoms with van der Waals surface area (Å²) >= 11 is 6.19. The molecule has 0 radical (unpaired) electrons. The monoisotopic (exact) mass is 370 g/mol. The third-order valence-corrected chi connectivity index (χ3v) is 4.21. The number of aromatic nitrogens is 2. The minimum atomic E-state index is -0.808. The van der Waals surface area contributed by atoms with E-state index >= 15 is 0 Å². The van der Waals surface area contributed by atoms with Crippen LogP contribution in [0, 0.1) is 30.9 Å². The number of hydrogen-bond donors (Lipinski definition) is 0. The van der Waals surface area contributed by atoms with Crippen molar-refractivity contribution < 1.29 is 13.5 Å². The quantitative estimate of drug-likeness (QED) is 0.606. The lowest BCUT2D eigenvalue weighted by atomic mass is 9.93. The lowest BCUT2D eigenvalue weighted by Crippen LogP contribution is -2.01. The molecule has 0 spiro atoms. The van der Waals surface area contributed by atoms with E-state index in [1.165, 1.54) is 7.11 Å². The van der Waals surface area contributed by atoms with Gasteiger partial charge in [0.2, 0.25) is 0 Å². The van der Waals surface area contributed by atoms with Gasteiger partial charge in [0.25, 0.3) is 0 Å². The summed E-state index contributed by atoms with van der Waals surface area (Å²) in [6, 6.07) is 9.14. The molecular formula is C20H13ClF2N2O. The van der Waals surface area contributed by atoms with Crippen LogP contribution in [0.3, 0.4) is 0 Å². The molecule has 0 amide bonds. The number of aryl methyl sites for hydroxylation is 1. The molecule has 1 aromatic heterocycles. The Hall–Kier alpha value is -2.97. The van der Waals surface area contributed by atoms with E-state index in [1.807, 2.05) is 0 Å². The van der Waals surface area contributed by atoms with Gasteiger partial charge in [0.15, 0.2) is 5.15 Å². The molecule has 0 N–H and O–H groups in total. The summed E-state index contributed by atoms with van der Waals surface area (Å²) in [7, 11) is 1.33. The Kier molecular flexibility index (Phi) is 4.88. The smallest absolute Gasteiger partial charge is 0.160 e. The van der Waals surface area contributed by atoms with Crippen LogP contribution in [0.1, 0.15) is 11.3 Å². The predicted molar refractivity (Wildman–Crippen MR) is 97.1 cm³/mol. The maximum atomic E-state index is 14.7. The highest BCUT2D eigenvalue weighted by Crippen LogP contribution is 2.41. The number of terminal acetylenes is 1. The number of hydrogen-bond acceptors (Lipinski definition) is 3. The molecule has 26 heavy (non-hydrogen) atoms. The highest BCUT2D eigenvalue weighted by molar-refractivity contribution is 6.32. The topological polar surface area (TPSA) is 35.0 Å². The van der Waals surface area contributed by atoms with Crippen LogP contribution < -0.4 is 4.74 Å². The van der Waals surface area contributed by atoms with Crippen molar-refractivity contribution in [3.05, 3.63) is 64.4 Å². The van der Waals surface area contributed by atoms with Crippen molar-refractivity contribution in [2.24, 2.45) is 0 Å². The van der Waals surface area contributed by atoms with Crippen molar-refractivity contribution in [3.8, 4) is 40.3 Å². The first kappa shape index (κ1) is 17.8. The van der Waals surface area contributed by atoms with Crippen molar-refractivity contribution in [1.29, 1.82) is 0 Å². The van der Waals surface area contributed by atoms with Crippen LogP contribution in [-0.2, 0) is 0 Å². The largest absolute Gasteiger partial charge is 0.497 e. The van der Waals surface area contributed by atoms with Gasteiger partial charge >= 0.3 is 0 Å². The summed E-state index contributed by atoms with van der Waals surface area (Å²) < 4.78 is 34.2. The second kappa shape index (κ2) is 7.11. The molecule has 0 aliphatic heterocycles. The van der Waals surface area contributed by atoms with Crippen LogP contribution in [0.5, 0.6) is 5.75 Å². The molecule has 3 rings (SSSR count). The van der Waals surface area contributed by atoms with Crippen molar-refractivity contribution in [2.75, 3.05) is 7.11 Å². The minimum absolute atomic E-state index is 0.0681. The summed E-state index contributed by atoms with van der Waals surface area (Å²) in [4.78, 5) is 0. The summed E-state index contributed by atoms with van der Waals surface area (Å²) in [5.41, 5.74) is 2.16. The van der Waals surface area contributed by atoms with Gasteiger partial charge in [-0.1, -0.05) is 29.7 Å². The number of methoxy groups -OCH3 is 1. The van der Waals surface area contributed by atoms with Crippen molar-refractivity contribution in [1.82, 2.24) is 10.2 Å². The molecule has 0 aliphatic carbocycles. The van der Waals surface area contributed by atoms with Gasteiger partial charge < -0.3 is 4.74 Å². The SMILES string of the molecule is C#Cc1ccc(-c2c(C)nnc(Cl)c2-c2c(F)cc(OC)cc2F)cc1. The van der Waals surface area contributed by atoms with Crippen LogP contribution >= 0.6 is 11.6 Å². The molecule has 0 bridgehead atoms. The molecule has 2 aromatic carbocycles. The molecule has 3 aromatic rings. The first-order chi connectivity index (χ1) is 12.5. The third kappa shape index (κ3) is 3.12. The summed E-state index contributed by atoms with van der Waals surface area (Å²) in [6.45, 7) is 1.69. The van der Waals surface area contributed by atoms with Gasteiger partial charge in [-0.15, -0.1) is 11.5 Å². The average molecular weight is 371 g/mol. The van der Waals surface area contributed by atoms with Gasteiger partial charge in [-0.3, -0.25) is 0 Å². The molecule has 0 aliphatic rings. The first-order valence-corrected chi connectivity index (χ1v) is 7.97. The summed E-state index contributed by atoms with van der Waals surface area (Å²) in [5, 5.41) is 7.70. The Labute approximate surface area is 154 Å². The number of rotatable bonds is 3. The zero-order valence-electron chi connectivity index (χ0n) is 14.0. The maximum Gasteiger partial charge on any atom is 0.160 e. The second-order valence-electron chi connectivity index (χ2n) is 5.51. The van der Waals surface area contributed by atoms with Gasteiger partial charge in [-0.05, 0) is 24.6 Å². The predicted octanol–water partition coefficient (Wildman–Crippen LogP) is 5.04. The number of nitrogens with zero attached hydrogens (tertiary/aromatic N) is 2. The number of halogens is 3. The molecule has 130 valence electrons. The standard InChI is InChI=1S/C20H13ClF2N2O/c1-4-12-5-7-13(8-6-12)17-11(2)24-25-20(21)19(17)18-15(22)9-14(26-3)10-16(18)23/h1,5-10H,2-3H3. The lowest BCUT2D eigenvalue weighted by Gasteiger charge is -2.15. The van der Waals surface area contributed by atoms with Crippen LogP contribution in [-0.4, -0.2) is 17.3 Å². The minimum Gasteiger partial charge on any atom is -0.497 e. The fourth-order valence-electron chi connectivity index (χ4n) is 2.72. The molecular weight excluding hydrogens is 358 g/mol. The highest BCUT2D eigenvalue weighted by Gasteiger charge is 2.23. The molecule has 0 atom stereocenters. The van der Waals surface area contributed by atoms with Gasteiger partial charge in [0.1, 0.15) is 17.4 Å². The molecule has 0 saturated heterocycles. The molecule has 0 fully saturated rings. The normalized spacial score (nSPS) is 10.5. The van der Waals surface area contributed by atoms with Crippen molar-refractivity contribution in [2.45, 2.75) is 6.92 Å². The summed E-state index contributed by atoms with van der Waals surface area (Å²) in [5.74, 6) is 0.974. The fourth-order valence-corrected chi connectivity index (χ4v) is 2.95. The maximum absolute atomic E-state index is 14.7. The molecule has 6 heteroatoms. The molecule has 3 nitrogen and oxygen atoms in total. The Morgan fingerprint density at radius 3 is 2.15 bits per heavy atom. The van der Waals surface area contributed by atoms with Crippen molar-refractivity contribution in [3.63, 3.8) is 0 Å². The Balaban J connectivity index is 2.32. The molecule has 0 unspecified atom stereocenters. The van der Waals surface area contributed by atoms with E-state index in [4.69, 9.17) is 22.8 Å². The second-order valence-corrected chi connectivity index (χ2v) is 5.87. The lowest BCUT2D eigenvalue weighted by molar-refractivity contribution is 0.407. The Morgan fingerprint density at radius 1 is 1.00 bits per heavy atom. The zero-order valence-corrected chi connectivity index (χ0v) is 14.7. The van der Waals surface area contributed by atoms with Crippen LogP contribution in [0.4, 0.5) is 8.78 Å². The van der Waals surface area contributed by atoms with E-state index in [9.17, 15) is 8.78 Å². The third-order valence-electron chi connectivity index (χ3n) is 3.95. The van der Waals surface area contributed by atoms with E-state index in [-0.39, 0.29) is 22.0 Å². The van der Waals surface area contributed by atoms with E-state index in [1.54, 1.807) is 31.2 Å². The average Bonchev–Trinajstić information content (AvgIpc) is 2.64. The van der Waals surface area contributed by atoms with Crippen molar-refractivity contribution >= 4 is 11.6 Å². The van der Waals surface area contributed by atoms with Gasteiger partial charge in [0.05, 0.1) is 18.4 Å². The zero-order chi connectivity index (χ0) is 18.8. The van der Waals surface area contributed by atoms with Crippen LogP contribution in [0.25, 0.3) is 22.3 Å². The van der Waals surface area contributed by atoms with Crippen LogP contribution in [0.15, 0.2) is 36.4 Å². The Bertz CT molecular complexity index is 1000. The van der Waals surface area contributed by atoms with Gasteiger partial charge in [0, 0.05) is 28.8 Å². The fraction of sp³-hybridized carbons (Fsp3) is 0.100. The van der Waals surface area contributed by atoms with Gasteiger partial charge in [-0.2, -0.15) is 5.10 Å². The molecule has 1 heterocycles. The number of ether oxygens (including phenoxy) is 1. The van der Waals surface area contributed by atoms with Crippen LogP contribution in [0.2, 0.25) is 5.15 Å².